The summed E-state index contributed by atoms with van der Waals surface area (Å²) < 4.78 is 0. The molecule has 0 spiro atoms. The average Bonchev–Trinajstić information content (AvgIpc) is 2.08. The summed E-state index contributed by atoms with van der Waals surface area (Å²) in [5, 5.41) is 21.6. The Hall–Kier alpha value is -1.22. The summed E-state index contributed by atoms with van der Waals surface area (Å²) in [6, 6.07) is 4.98. The molecule has 3 N–H and O–H groups in total. The summed E-state index contributed by atoms with van der Waals surface area (Å²) in [5.41, 5.74) is 0.706. The number of rotatable bonds is 2. The van der Waals surface area contributed by atoms with Crippen molar-refractivity contribution in [1.82, 2.24) is 5.32 Å². The highest BCUT2D eigenvalue weighted by molar-refractivity contribution is 5.45. The molecule has 3 heteroatoms. The van der Waals surface area contributed by atoms with E-state index < -0.39 is 0 Å². The van der Waals surface area contributed by atoms with Gasteiger partial charge in [-0.2, -0.15) is 0 Å². The van der Waals surface area contributed by atoms with Crippen molar-refractivity contribution in [1.29, 1.82) is 0 Å². The van der Waals surface area contributed by atoms with Crippen LogP contribution in [-0.2, 0) is 0 Å². The highest BCUT2D eigenvalue weighted by atomic mass is 16.3. The molecule has 0 saturated heterocycles. The molecule has 1 aromatic rings. The third kappa shape index (κ3) is 1.51. The Morgan fingerprint density at radius 3 is 2.58 bits per heavy atom. The van der Waals surface area contributed by atoms with Crippen LogP contribution >= 0.6 is 0 Å². The van der Waals surface area contributed by atoms with E-state index >= 15 is 0 Å². The minimum Gasteiger partial charge on any atom is -0.504 e. The van der Waals surface area contributed by atoms with E-state index in [-0.39, 0.29) is 17.5 Å². The van der Waals surface area contributed by atoms with E-state index in [1.54, 1.807) is 19.2 Å². The maximum atomic E-state index is 9.41. The van der Waals surface area contributed by atoms with E-state index in [0.29, 0.717) is 5.56 Å². The monoisotopic (exact) mass is 167 g/mol. The first-order valence-electron chi connectivity index (χ1n) is 3.85. The van der Waals surface area contributed by atoms with Crippen molar-refractivity contribution in [2.75, 3.05) is 7.05 Å². The van der Waals surface area contributed by atoms with Gasteiger partial charge in [-0.3, -0.25) is 0 Å². The molecule has 0 heterocycles. The maximum Gasteiger partial charge on any atom is 0.162 e. The number of hydrogen-bond acceptors (Lipinski definition) is 3. The van der Waals surface area contributed by atoms with Gasteiger partial charge in [0.1, 0.15) is 0 Å². The molecule has 0 aliphatic heterocycles. The van der Waals surface area contributed by atoms with Crippen LogP contribution in [0.3, 0.4) is 0 Å². The molecule has 0 bridgehead atoms. The molecule has 1 atom stereocenters. The van der Waals surface area contributed by atoms with E-state index in [0.717, 1.165) is 0 Å². The lowest BCUT2D eigenvalue weighted by Gasteiger charge is -2.12. The summed E-state index contributed by atoms with van der Waals surface area (Å²) >= 11 is 0. The Balaban J connectivity index is 3.07. The van der Waals surface area contributed by atoms with Crippen molar-refractivity contribution < 1.29 is 10.2 Å². The molecule has 0 unspecified atom stereocenters. The van der Waals surface area contributed by atoms with Gasteiger partial charge in [0.2, 0.25) is 0 Å². The van der Waals surface area contributed by atoms with E-state index in [1.165, 1.54) is 6.07 Å². The molecule has 0 aliphatic carbocycles. The quantitative estimate of drug-likeness (QED) is 0.583. The summed E-state index contributed by atoms with van der Waals surface area (Å²) in [4.78, 5) is 0. The minimum absolute atomic E-state index is 0.0390. The van der Waals surface area contributed by atoms with Gasteiger partial charge in [0.05, 0.1) is 0 Å². The Morgan fingerprint density at radius 1 is 1.33 bits per heavy atom. The zero-order valence-corrected chi connectivity index (χ0v) is 7.20. The number of para-hydroxylation sites is 1. The van der Waals surface area contributed by atoms with Crippen LogP contribution in [0.1, 0.15) is 18.5 Å². The molecule has 66 valence electrons. The molecule has 0 amide bonds. The number of benzene rings is 1. The lowest BCUT2D eigenvalue weighted by Crippen LogP contribution is -2.12. The predicted octanol–water partition coefficient (Wildman–Crippen LogP) is 1.38. The van der Waals surface area contributed by atoms with Crippen LogP contribution in [0.2, 0.25) is 0 Å². The third-order valence-electron chi connectivity index (χ3n) is 1.95. The summed E-state index contributed by atoms with van der Waals surface area (Å²) in [7, 11) is 1.80. The predicted molar refractivity (Wildman–Crippen MR) is 47.2 cm³/mol. The fourth-order valence-electron chi connectivity index (χ4n) is 1.05. The Bertz CT molecular complexity index is 273. The maximum absolute atomic E-state index is 9.41. The smallest absolute Gasteiger partial charge is 0.162 e. The second-order valence-corrected chi connectivity index (χ2v) is 2.73. The zero-order chi connectivity index (χ0) is 9.14. The van der Waals surface area contributed by atoms with Crippen LogP contribution in [0.5, 0.6) is 11.5 Å². The lowest BCUT2D eigenvalue weighted by molar-refractivity contribution is 0.394. The van der Waals surface area contributed by atoms with Crippen LogP contribution < -0.4 is 5.32 Å². The van der Waals surface area contributed by atoms with Crippen molar-refractivity contribution >= 4 is 0 Å². The topological polar surface area (TPSA) is 52.5 Å². The molecule has 0 saturated carbocycles. The molecule has 0 fully saturated rings. The first-order chi connectivity index (χ1) is 5.66. The van der Waals surface area contributed by atoms with Crippen LogP contribution in [0.15, 0.2) is 18.2 Å². The largest absolute Gasteiger partial charge is 0.504 e. The average molecular weight is 167 g/mol. The Labute approximate surface area is 71.7 Å². The van der Waals surface area contributed by atoms with Gasteiger partial charge >= 0.3 is 0 Å². The highest BCUT2D eigenvalue weighted by Crippen LogP contribution is 2.31. The molecule has 0 aromatic heterocycles. The SMILES string of the molecule is CN[C@@H](C)c1cccc(O)c1O. The second kappa shape index (κ2) is 3.45. The van der Waals surface area contributed by atoms with Crippen LogP contribution in [0, 0.1) is 0 Å². The molecular formula is C9H13NO2. The van der Waals surface area contributed by atoms with Gasteiger partial charge in [0.25, 0.3) is 0 Å². The lowest BCUT2D eigenvalue weighted by atomic mass is 10.1. The summed E-state index contributed by atoms with van der Waals surface area (Å²) in [5.74, 6) is -0.117. The number of phenolic OH excluding ortho intramolecular Hbond substituents is 2. The molecule has 0 radical (unpaired) electrons. The van der Waals surface area contributed by atoms with Gasteiger partial charge < -0.3 is 15.5 Å². The Morgan fingerprint density at radius 2 is 2.00 bits per heavy atom. The number of phenols is 2. The van der Waals surface area contributed by atoms with E-state index in [9.17, 15) is 5.11 Å². The van der Waals surface area contributed by atoms with Gasteiger partial charge in [-0.15, -0.1) is 0 Å². The molecular weight excluding hydrogens is 154 g/mol. The molecule has 3 nitrogen and oxygen atoms in total. The minimum atomic E-state index is -0.0744. The van der Waals surface area contributed by atoms with Crippen molar-refractivity contribution in [2.45, 2.75) is 13.0 Å². The van der Waals surface area contributed by atoms with Crippen molar-refractivity contribution in [3.8, 4) is 11.5 Å². The molecule has 12 heavy (non-hydrogen) atoms. The first kappa shape index (κ1) is 8.87. The third-order valence-corrected chi connectivity index (χ3v) is 1.95. The zero-order valence-electron chi connectivity index (χ0n) is 7.20. The van der Waals surface area contributed by atoms with Crippen molar-refractivity contribution in [3.63, 3.8) is 0 Å². The van der Waals surface area contributed by atoms with Gasteiger partial charge in [0, 0.05) is 11.6 Å². The standard InChI is InChI=1S/C9H13NO2/c1-6(10-2)7-4-3-5-8(11)9(7)12/h3-6,10-12H,1-2H3/t6-/m0/s1. The van der Waals surface area contributed by atoms with Gasteiger partial charge in [-0.05, 0) is 20.0 Å². The highest BCUT2D eigenvalue weighted by Gasteiger charge is 2.10. The van der Waals surface area contributed by atoms with Crippen molar-refractivity contribution in [3.05, 3.63) is 23.8 Å². The first-order valence-corrected chi connectivity index (χ1v) is 3.85. The summed E-state index contributed by atoms with van der Waals surface area (Å²) in [6.45, 7) is 1.91. The second-order valence-electron chi connectivity index (χ2n) is 2.73. The molecule has 1 aromatic carbocycles. The van der Waals surface area contributed by atoms with E-state index in [2.05, 4.69) is 5.32 Å². The van der Waals surface area contributed by atoms with E-state index in [4.69, 9.17) is 5.11 Å². The number of nitrogens with one attached hydrogen (secondary N) is 1. The van der Waals surface area contributed by atoms with Crippen LogP contribution in [-0.4, -0.2) is 17.3 Å². The van der Waals surface area contributed by atoms with Crippen LogP contribution in [0.4, 0.5) is 0 Å². The Kier molecular flexibility index (Phi) is 2.55. The van der Waals surface area contributed by atoms with E-state index in [1.807, 2.05) is 6.92 Å². The van der Waals surface area contributed by atoms with Crippen LogP contribution in [0.25, 0.3) is 0 Å². The fourth-order valence-corrected chi connectivity index (χ4v) is 1.05. The number of aromatic hydroxyl groups is 2. The summed E-state index contributed by atoms with van der Waals surface area (Å²) in [6.07, 6.45) is 0. The van der Waals surface area contributed by atoms with Gasteiger partial charge in [-0.1, -0.05) is 12.1 Å². The molecule has 0 aliphatic rings. The van der Waals surface area contributed by atoms with Gasteiger partial charge in [0.15, 0.2) is 11.5 Å². The number of hydrogen-bond donors (Lipinski definition) is 3. The van der Waals surface area contributed by atoms with Crippen molar-refractivity contribution in [2.24, 2.45) is 0 Å². The van der Waals surface area contributed by atoms with Gasteiger partial charge in [-0.25, -0.2) is 0 Å². The normalized spacial score (nSPS) is 12.8. The fraction of sp³-hybridized carbons (Fsp3) is 0.333. The molecule has 1 rings (SSSR count).